The number of hydrogen-bond donors (Lipinski definition) is 0. The smallest absolute Gasteiger partial charge is 0.348 e. The van der Waals surface area contributed by atoms with Crippen LogP contribution in [0.2, 0.25) is 0 Å². The number of nitriles is 1. The number of benzene rings is 2. The minimum absolute atomic E-state index is 0.164. The molecule has 0 radical (unpaired) electrons. The molecule has 0 aromatic heterocycles. The third-order valence-electron chi connectivity index (χ3n) is 3.55. The first-order valence-electron chi connectivity index (χ1n) is 7.76. The highest BCUT2D eigenvalue weighted by molar-refractivity contribution is 5.98. The second kappa shape index (κ2) is 9.06. The second-order valence-corrected chi connectivity index (χ2v) is 5.19. The van der Waals surface area contributed by atoms with E-state index in [1.165, 1.54) is 39.5 Å². The van der Waals surface area contributed by atoms with Crippen LogP contribution in [0.1, 0.15) is 15.9 Å². The molecule has 0 unspecified atom stereocenters. The molecule has 2 aromatic carbocycles. The van der Waals surface area contributed by atoms with E-state index in [0.717, 1.165) is 0 Å². The van der Waals surface area contributed by atoms with E-state index < -0.39 is 11.9 Å². The van der Waals surface area contributed by atoms with Gasteiger partial charge in [0.2, 0.25) is 0 Å². The van der Waals surface area contributed by atoms with E-state index in [9.17, 15) is 9.59 Å². The summed E-state index contributed by atoms with van der Waals surface area (Å²) in [5.41, 5.74) is 0.694. The van der Waals surface area contributed by atoms with Gasteiger partial charge >= 0.3 is 11.9 Å². The molecule has 27 heavy (non-hydrogen) atoms. The maximum absolute atomic E-state index is 12.3. The molecule has 0 saturated carbocycles. The highest BCUT2D eigenvalue weighted by Gasteiger charge is 2.14. The highest BCUT2D eigenvalue weighted by atomic mass is 16.6. The Kier molecular flexibility index (Phi) is 6.55. The van der Waals surface area contributed by atoms with Crippen molar-refractivity contribution in [1.82, 2.24) is 0 Å². The molecule has 0 N–H and O–H groups in total. The monoisotopic (exact) mass is 367 g/mol. The quantitative estimate of drug-likeness (QED) is 0.335. The molecule has 0 fully saturated rings. The lowest BCUT2D eigenvalue weighted by molar-refractivity contribution is -0.135. The van der Waals surface area contributed by atoms with Crippen LogP contribution in [0.15, 0.2) is 48.0 Å². The fourth-order valence-electron chi connectivity index (χ4n) is 2.16. The van der Waals surface area contributed by atoms with Gasteiger partial charge in [-0.2, -0.15) is 5.26 Å². The van der Waals surface area contributed by atoms with Gasteiger partial charge in [0.05, 0.1) is 26.9 Å². The van der Waals surface area contributed by atoms with Gasteiger partial charge in [-0.05, 0) is 48.0 Å². The second-order valence-electron chi connectivity index (χ2n) is 5.19. The molecule has 0 amide bonds. The van der Waals surface area contributed by atoms with Crippen LogP contribution in [0.4, 0.5) is 0 Å². The van der Waals surface area contributed by atoms with E-state index >= 15 is 0 Å². The highest BCUT2D eigenvalue weighted by Crippen LogP contribution is 2.30. The lowest BCUT2D eigenvalue weighted by Gasteiger charge is -2.10. The Morgan fingerprint density at radius 3 is 2.22 bits per heavy atom. The van der Waals surface area contributed by atoms with Crippen molar-refractivity contribution in [2.24, 2.45) is 0 Å². The number of carbonyl (C=O) groups excluding carboxylic acids is 2. The van der Waals surface area contributed by atoms with E-state index in [1.54, 1.807) is 36.4 Å². The topological polar surface area (TPSA) is 94.9 Å². The summed E-state index contributed by atoms with van der Waals surface area (Å²) in [7, 11) is 4.14. The summed E-state index contributed by atoms with van der Waals surface area (Å²) >= 11 is 0. The van der Waals surface area contributed by atoms with Gasteiger partial charge in [0.1, 0.15) is 17.4 Å². The first kappa shape index (κ1) is 19.5. The Bertz CT molecular complexity index is 909. The molecule has 2 aromatic rings. The van der Waals surface area contributed by atoms with Gasteiger partial charge < -0.3 is 18.9 Å². The van der Waals surface area contributed by atoms with Gasteiger partial charge in [0, 0.05) is 0 Å². The fraction of sp³-hybridized carbons (Fsp3) is 0.150. The molecule has 0 spiro atoms. The molecule has 7 heteroatoms. The Morgan fingerprint density at radius 2 is 1.67 bits per heavy atom. The molecule has 0 aliphatic rings. The summed E-state index contributed by atoms with van der Waals surface area (Å²) in [6.45, 7) is 0. The van der Waals surface area contributed by atoms with Crippen LogP contribution in [0, 0.1) is 11.3 Å². The molecule has 0 bridgehead atoms. The third kappa shape index (κ3) is 4.86. The van der Waals surface area contributed by atoms with Crippen molar-refractivity contribution in [3.63, 3.8) is 0 Å². The Labute approximate surface area is 156 Å². The zero-order valence-corrected chi connectivity index (χ0v) is 15.0. The van der Waals surface area contributed by atoms with Gasteiger partial charge in [-0.1, -0.05) is 6.07 Å². The first-order chi connectivity index (χ1) is 13.0. The molecule has 0 heterocycles. The molecule has 138 valence electrons. The summed E-state index contributed by atoms with van der Waals surface area (Å²) < 4.78 is 20.2. The number of methoxy groups -OCH3 is 3. The lowest BCUT2D eigenvalue weighted by Crippen LogP contribution is -2.09. The van der Waals surface area contributed by atoms with E-state index in [4.69, 9.17) is 19.5 Å². The maximum Gasteiger partial charge on any atom is 0.348 e. The normalized spacial score (nSPS) is 10.5. The molecular weight excluding hydrogens is 350 g/mol. The number of esters is 2. The van der Waals surface area contributed by atoms with Crippen molar-refractivity contribution in [2.45, 2.75) is 0 Å². The molecule has 2 rings (SSSR count). The van der Waals surface area contributed by atoms with E-state index in [1.807, 2.05) is 0 Å². The molecule has 0 aliphatic heterocycles. The van der Waals surface area contributed by atoms with Crippen molar-refractivity contribution >= 4 is 18.0 Å². The lowest BCUT2D eigenvalue weighted by atomic mass is 10.1. The number of hydrogen-bond acceptors (Lipinski definition) is 7. The number of carbonyl (C=O) groups is 2. The van der Waals surface area contributed by atoms with Crippen LogP contribution in [0.25, 0.3) is 6.08 Å². The van der Waals surface area contributed by atoms with E-state index in [2.05, 4.69) is 4.74 Å². The van der Waals surface area contributed by atoms with Gasteiger partial charge in [0.25, 0.3) is 0 Å². The minimum atomic E-state index is -0.744. The SMILES string of the molecule is COC(=O)C(C#N)=Cc1ccc(OC(=O)c2ccc(OC)cc2)c(OC)c1. The van der Waals surface area contributed by atoms with Crippen LogP contribution in [0.3, 0.4) is 0 Å². The van der Waals surface area contributed by atoms with Gasteiger partial charge in [0.15, 0.2) is 11.5 Å². The molecular formula is C20H17NO6. The van der Waals surface area contributed by atoms with E-state index in [0.29, 0.717) is 16.9 Å². The van der Waals surface area contributed by atoms with Crippen molar-refractivity contribution < 1.29 is 28.5 Å². The summed E-state index contributed by atoms with van der Waals surface area (Å²) in [5, 5.41) is 9.02. The number of ether oxygens (including phenoxy) is 4. The standard InChI is InChI=1S/C20H17NO6/c1-24-16-7-5-14(6-8-16)20(23)27-17-9-4-13(11-18(17)25-2)10-15(12-21)19(22)26-3/h4-11H,1-3H3. The predicted molar refractivity (Wildman–Crippen MR) is 96.6 cm³/mol. The van der Waals surface area contributed by atoms with Crippen LogP contribution in [-0.4, -0.2) is 33.3 Å². The van der Waals surface area contributed by atoms with Crippen molar-refractivity contribution in [3.8, 4) is 23.3 Å². The zero-order chi connectivity index (χ0) is 19.8. The maximum atomic E-state index is 12.3. The molecule has 0 atom stereocenters. The van der Waals surface area contributed by atoms with Crippen LogP contribution in [0.5, 0.6) is 17.2 Å². The Morgan fingerprint density at radius 1 is 0.963 bits per heavy atom. The Hall–Kier alpha value is -3.79. The number of rotatable bonds is 6. The van der Waals surface area contributed by atoms with Crippen LogP contribution in [-0.2, 0) is 9.53 Å². The van der Waals surface area contributed by atoms with Crippen molar-refractivity contribution in [1.29, 1.82) is 5.26 Å². The average molecular weight is 367 g/mol. The molecule has 0 aliphatic carbocycles. The largest absolute Gasteiger partial charge is 0.497 e. The van der Waals surface area contributed by atoms with Crippen LogP contribution < -0.4 is 14.2 Å². The summed E-state index contributed by atoms with van der Waals surface area (Å²) in [4.78, 5) is 23.8. The van der Waals surface area contributed by atoms with Gasteiger partial charge in [-0.3, -0.25) is 0 Å². The first-order valence-corrected chi connectivity index (χ1v) is 7.76. The van der Waals surface area contributed by atoms with Crippen molar-refractivity contribution in [3.05, 3.63) is 59.2 Å². The van der Waals surface area contributed by atoms with Crippen LogP contribution >= 0.6 is 0 Å². The summed E-state index contributed by atoms with van der Waals surface area (Å²) in [5.74, 6) is -0.211. The Balaban J connectivity index is 2.25. The van der Waals surface area contributed by atoms with Gasteiger partial charge in [-0.15, -0.1) is 0 Å². The fourth-order valence-corrected chi connectivity index (χ4v) is 2.16. The average Bonchev–Trinajstić information content (AvgIpc) is 2.72. The van der Waals surface area contributed by atoms with Gasteiger partial charge in [-0.25, -0.2) is 9.59 Å². The predicted octanol–water partition coefficient (Wildman–Crippen LogP) is 3.00. The zero-order valence-electron chi connectivity index (χ0n) is 15.0. The molecule has 7 nitrogen and oxygen atoms in total. The summed E-state index contributed by atoms with van der Waals surface area (Å²) in [6, 6.07) is 12.9. The molecule has 0 saturated heterocycles. The summed E-state index contributed by atoms with van der Waals surface area (Å²) in [6.07, 6.45) is 1.35. The minimum Gasteiger partial charge on any atom is -0.497 e. The van der Waals surface area contributed by atoms with Crippen molar-refractivity contribution in [2.75, 3.05) is 21.3 Å². The number of nitrogens with zero attached hydrogens (tertiary/aromatic N) is 1. The third-order valence-corrected chi connectivity index (χ3v) is 3.55. The van der Waals surface area contributed by atoms with E-state index in [-0.39, 0.29) is 17.1 Å².